The molecule has 0 aromatic rings. The third-order valence-corrected chi connectivity index (χ3v) is 5.13. The first kappa shape index (κ1) is 11.0. The largest absolute Gasteiger partial charge is 0.304 e. The lowest BCUT2D eigenvalue weighted by molar-refractivity contribution is 0.0461. The van der Waals surface area contributed by atoms with Crippen molar-refractivity contribution in [3.63, 3.8) is 0 Å². The molecule has 0 radical (unpaired) electrons. The predicted octanol–water partition coefficient (Wildman–Crippen LogP) is 0.859. The number of nitrogens with zero attached hydrogens (tertiary/aromatic N) is 3. The van der Waals surface area contributed by atoms with Gasteiger partial charge in [-0.25, -0.2) is 0 Å². The van der Waals surface area contributed by atoms with Gasteiger partial charge in [-0.1, -0.05) is 0 Å². The SMILES string of the molecule is CN1CCN(C2CC3CCC(C2)N3C)CC1. The highest BCUT2D eigenvalue weighted by atomic mass is 15.3. The van der Waals surface area contributed by atoms with Crippen LogP contribution in [-0.4, -0.2) is 73.1 Å². The first-order valence-corrected chi connectivity index (χ1v) is 6.88. The first-order valence-electron chi connectivity index (χ1n) is 6.88. The Labute approximate surface area is 99.4 Å². The van der Waals surface area contributed by atoms with Crippen molar-refractivity contribution in [1.82, 2.24) is 14.7 Å². The minimum atomic E-state index is 0.891. The van der Waals surface area contributed by atoms with Gasteiger partial charge in [-0.05, 0) is 39.8 Å². The van der Waals surface area contributed by atoms with Gasteiger partial charge in [-0.2, -0.15) is 0 Å². The Morgan fingerprint density at radius 2 is 1.31 bits per heavy atom. The van der Waals surface area contributed by atoms with Crippen LogP contribution in [0.2, 0.25) is 0 Å². The molecule has 3 aliphatic heterocycles. The second-order valence-corrected chi connectivity index (χ2v) is 6.01. The van der Waals surface area contributed by atoms with Crippen molar-refractivity contribution >= 4 is 0 Å². The quantitative estimate of drug-likeness (QED) is 0.653. The lowest BCUT2D eigenvalue weighted by atomic mass is 9.96. The van der Waals surface area contributed by atoms with Crippen LogP contribution in [0.15, 0.2) is 0 Å². The highest BCUT2D eigenvalue weighted by Gasteiger charge is 2.40. The first-order chi connectivity index (χ1) is 7.74. The molecule has 16 heavy (non-hydrogen) atoms. The van der Waals surface area contributed by atoms with Gasteiger partial charge in [-0.15, -0.1) is 0 Å². The van der Waals surface area contributed by atoms with Crippen molar-refractivity contribution in [2.45, 2.75) is 43.8 Å². The van der Waals surface area contributed by atoms with E-state index in [1.807, 2.05) is 0 Å². The molecule has 0 amide bonds. The summed E-state index contributed by atoms with van der Waals surface area (Å²) in [4.78, 5) is 7.87. The van der Waals surface area contributed by atoms with Crippen LogP contribution >= 0.6 is 0 Å². The summed E-state index contributed by atoms with van der Waals surface area (Å²) in [6.07, 6.45) is 5.75. The molecule has 3 heterocycles. The van der Waals surface area contributed by atoms with Gasteiger partial charge < -0.3 is 9.80 Å². The van der Waals surface area contributed by atoms with Crippen molar-refractivity contribution in [3.05, 3.63) is 0 Å². The Morgan fingerprint density at radius 1 is 0.750 bits per heavy atom. The second kappa shape index (κ2) is 4.28. The molecule has 3 aliphatic rings. The van der Waals surface area contributed by atoms with Gasteiger partial charge in [-0.3, -0.25) is 4.90 Å². The van der Waals surface area contributed by atoms with Crippen molar-refractivity contribution in [2.24, 2.45) is 0 Å². The van der Waals surface area contributed by atoms with Crippen LogP contribution in [0.4, 0.5) is 0 Å². The number of piperazine rings is 1. The van der Waals surface area contributed by atoms with E-state index in [1.54, 1.807) is 0 Å². The zero-order valence-electron chi connectivity index (χ0n) is 10.7. The summed E-state index contributed by atoms with van der Waals surface area (Å²) in [5, 5.41) is 0. The van der Waals surface area contributed by atoms with Crippen LogP contribution < -0.4 is 0 Å². The molecule has 92 valence electrons. The maximum atomic E-state index is 2.76. The molecular weight excluding hydrogens is 198 g/mol. The zero-order chi connectivity index (χ0) is 11.1. The molecule has 3 nitrogen and oxygen atoms in total. The van der Waals surface area contributed by atoms with Gasteiger partial charge in [0.15, 0.2) is 0 Å². The van der Waals surface area contributed by atoms with Crippen molar-refractivity contribution in [3.8, 4) is 0 Å². The zero-order valence-corrected chi connectivity index (χ0v) is 10.7. The molecule has 3 fully saturated rings. The standard InChI is InChI=1S/C13H25N3/c1-14-5-7-16(8-6-14)13-9-11-3-4-12(10-13)15(11)2/h11-13H,3-10H2,1-2H3. The maximum absolute atomic E-state index is 2.76. The summed E-state index contributed by atoms with van der Waals surface area (Å²) in [5.41, 5.74) is 0. The Morgan fingerprint density at radius 3 is 1.88 bits per heavy atom. The van der Waals surface area contributed by atoms with Crippen LogP contribution in [-0.2, 0) is 0 Å². The summed E-state index contributed by atoms with van der Waals surface area (Å²) < 4.78 is 0. The fraction of sp³-hybridized carbons (Fsp3) is 1.00. The van der Waals surface area contributed by atoms with E-state index < -0.39 is 0 Å². The van der Waals surface area contributed by atoms with Crippen LogP contribution in [0.5, 0.6) is 0 Å². The van der Waals surface area contributed by atoms with E-state index in [0.717, 1.165) is 18.1 Å². The topological polar surface area (TPSA) is 9.72 Å². The van der Waals surface area contributed by atoms with Gasteiger partial charge in [0, 0.05) is 44.3 Å². The van der Waals surface area contributed by atoms with E-state index in [4.69, 9.17) is 0 Å². The van der Waals surface area contributed by atoms with Crippen LogP contribution in [0, 0.1) is 0 Å². The number of rotatable bonds is 1. The monoisotopic (exact) mass is 223 g/mol. The van der Waals surface area contributed by atoms with Crippen LogP contribution in [0.1, 0.15) is 25.7 Å². The van der Waals surface area contributed by atoms with Gasteiger partial charge in [0.05, 0.1) is 0 Å². The molecule has 0 aliphatic carbocycles. The van der Waals surface area contributed by atoms with Gasteiger partial charge in [0.2, 0.25) is 0 Å². The summed E-state index contributed by atoms with van der Waals surface area (Å²) >= 11 is 0. The lowest BCUT2D eigenvalue weighted by Gasteiger charge is -2.44. The molecule has 0 aromatic carbocycles. The highest BCUT2D eigenvalue weighted by molar-refractivity contribution is 4.97. The molecule has 3 heteroatoms. The average Bonchev–Trinajstić information content (AvgIpc) is 2.54. The van der Waals surface area contributed by atoms with E-state index >= 15 is 0 Å². The number of likely N-dealkylation sites (N-methyl/N-ethyl adjacent to an activating group) is 1. The number of hydrogen-bond donors (Lipinski definition) is 0. The summed E-state index contributed by atoms with van der Waals surface area (Å²) in [6.45, 7) is 5.12. The predicted molar refractivity (Wildman–Crippen MR) is 66.7 cm³/mol. The average molecular weight is 223 g/mol. The van der Waals surface area contributed by atoms with E-state index in [2.05, 4.69) is 28.8 Å². The molecule has 2 atom stereocenters. The fourth-order valence-corrected chi connectivity index (χ4v) is 3.87. The minimum Gasteiger partial charge on any atom is -0.304 e. The summed E-state index contributed by atoms with van der Waals surface area (Å²) in [5.74, 6) is 0. The third-order valence-electron chi connectivity index (χ3n) is 5.13. The van der Waals surface area contributed by atoms with Crippen molar-refractivity contribution in [2.75, 3.05) is 40.3 Å². The van der Waals surface area contributed by atoms with E-state index in [-0.39, 0.29) is 0 Å². The Balaban J connectivity index is 1.60. The van der Waals surface area contributed by atoms with E-state index in [0.29, 0.717) is 0 Å². The third kappa shape index (κ3) is 1.89. The Bertz CT molecular complexity index is 234. The van der Waals surface area contributed by atoms with Crippen LogP contribution in [0.3, 0.4) is 0 Å². The number of hydrogen-bond acceptors (Lipinski definition) is 3. The molecule has 0 N–H and O–H groups in total. The molecule has 2 unspecified atom stereocenters. The van der Waals surface area contributed by atoms with E-state index in [1.165, 1.54) is 51.9 Å². The van der Waals surface area contributed by atoms with Gasteiger partial charge in [0.1, 0.15) is 0 Å². The fourth-order valence-electron chi connectivity index (χ4n) is 3.87. The second-order valence-electron chi connectivity index (χ2n) is 6.01. The number of fused-ring (bicyclic) bond motifs is 2. The molecule has 0 spiro atoms. The molecule has 0 aromatic heterocycles. The normalized spacial score (nSPS) is 42.8. The molecule has 0 saturated carbocycles. The van der Waals surface area contributed by atoms with Crippen LogP contribution in [0.25, 0.3) is 0 Å². The smallest absolute Gasteiger partial charge is 0.0126 e. The number of piperidine rings is 1. The van der Waals surface area contributed by atoms with Crippen molar-refractivity contribution in [1.29, 1.82) is 0 Å². The molecule has 3 rings (SSSR count). The molecule has 3 saturated heterocycles. The van der Waals surface area contributed by atoms with Gasteiger partial charge in [0.25, 0.3) is 0 Å². The summed E-state index contributed by atoms with van der Waals surface area (Å²) in [7, 11) is 4.58. The summed E-state index contributed by atoms with van der Waals surface area (Å²) in [6, 6.07) is 2.68. The Kier molecular flexibility index (Phi) is 2.94. The molecular formula is C13H25N3. The maximum Gasteiger partial charge on any atom is 0.0126 e. The molecule has 2 bridgehead atoms. The van der Waals surface area contributed by atoms with E-state index in [9.17, 15) is 0 Å². The van der Waals surface area contributed by atoms with Crippen molar-refractivity contribution < 1.29 is 0 Å². The minimum absolute atomic E-state index is 0.891. The highest BCUT2D eigenvalue weighted by Crippen LogP contribution is 2.36. The Hall–Kier alpha value is -0.120. The lowest BCUT2D eigenvalue weighted by Crippen LogP contribution is -2.54. The van der Waals surface area contributed by atoms with Gasteiger partial charge >= 0.3 is 0 Å².